The highest BCUT2D eigenvalue weighted by atomic mass is 19.4. The monoisotopic (exact) mass is 640 g/mol. The number of anilines is 4. The highest BCUT2D eigenvalue weighted by molar-refractivity contribution is 5.79. The molecular weight excluding hydrogens is 620 g/mol. The topological polar surface area (TPSA) is 104 Å². The third-order valence-electron chi connectivity index (χ3n) is 6.04. The number of benzene rings is 4. The molecule has 0 atom stereocenters. The number of hydrogen-bond acceptors (Lipinski definition) is 4. The largest absolute Gasteiger partial charge is 0.418 e. The van der Waals surface area contributed by atoms with Crippen molar-refractivity contribution in [3.63, 3.8) is 0 Å². The third kappa shape index (κ3) is 7.41. The standard InChI is InChI=1S/2C14H10F6N2/c2*15-13(16,17)10-6-7(21)4-5-8(10)9-2-1-3-11(22)12(9)14(18,19)20/h2*1-6H,21-22H2. The molecule has 4 rings (SSSR count). The zero-order valence-corrected chi connectivity index (χ0v) is 21.8. The Labute approximate surface area is 240 Å². The molecule has 0 aromatic heterocycles. The Morgan fingerprint density at radius 2 is 0.682 bits per heavy atom. The van der Waals surface area contributed by atoms with Crippen LogP contribution in [0.1, 0.15) is 22.3 Å². The molecule has 0 aliphatic carbocycles. The Morgan fingerprint density at radius 3 is 0.955 bits per heavy atom. The van der Waals surface area contributed by atoms with E-state index in [1.807, 2.05) is 0 Å². The first-order valence-electron chi connectivity index (χ1n) is 11.9. The van der Waals surface area contributed by atoms with E-state index < -0.39 is 80.6 Å². The van der Waals surface area contributed by atoms with E-state index in [1.165, 1.54) is 0 Å². The van der Waals surface area contributed by atoms with Crippen molar-refractivity contribution in [2.45, 2.75) is 24.7 Å². The minimum absolute atomic E-state index is 0.200. The van der Waals surface area contributed by atoms with E-state index in [2.05, 4.69) is 0 Å². The summed E-state index contributed by atoms with van der Waals surface area (Å²) < 4.78 is 157. The fraction of sp³-hybridized carbons (Fsp3) is 0.143. The van der Waals surface area contributed by atoms with Crippen molar-refractivity contribution in [2.24, 2.45) is 0 Å². The minimum atomic E-state index is -4.88. The summed E-state index contributed by atoms with van der Waals surface area (Å²) in [6, 6.07) is 11.4. The first-order valence-corrected chi connectivity index (χ1v) is 11.9. The maximum atomic E-state index is 13.1. The van der Waals surface area contributed by atoms with Crippen LogP contribution in [0, 0.1) is 0 Å². The van der Waals surface area contributed by atoms with Crippen molar-refractivity contribution in [1.82, 2.24) is 0 Å². The molecule has 4 aromatic rings. The quantitative estimate of drug-likeness (QED) is 0.130. The normalized spacial score (nSPS) is 12.5. The van der Waals surface area contributed by atoms with Gasteiger partial charge in [0.25, 0.3) is 0 Å². The van der Waals surface area contributed by atoms with Crippen LogP contribution < -0.4 is 22.9 Å². The lowest BCUT2D eigenvalue weighted by atomic mass is 9.93. The van der Waals surface area contributed by atoms with Gasteiger partial charge in [0, 0.05) is 22.7 Å². The molecule has 4 aromatic carbocycles. The molecule has 0 heterocycles. The first-order chi connectivity index (χ1) is 20.0. The van der Waals surface area contributed by atoms with Crippen LogP contribution in [0.15, 0.2) is 72.8 Å². The van der Waals surface area contributed by atoms with Gasteiger partial charge in [-0.25, -0.2) is 0 Å². The Balaban J connectivity index is 0.000000240. The van der Waals surface area contributed by atoms with E-state index in [-0.39, 0.29) is 11.4 Å². The average Bonchev–Trinajstić information content (AvgIpc) is 2.86. The molecule has 0 fully saturated rings. The summed E-state index contributed by atoms with van der Waals surface area (Å²) in [5.74, 6) is 0. The van der Waals surface area contributed by atoms with Gasteiger partial charge in [-0.05, 0) is 58.7 Å². The van der Waals surface area contributed by atoms with E-state index in [9.17, 15) is 52.7 Å². The van der Waals surface area contributed by atoms with E-state index in [0.29, 0.717) is 12.1 Å². The molecule has 0 unspecified atom stereocenters. The molecule has 0 saturated heterocycles. The number of rotatable bonds is 2. The molecule has 4 nitrogen and oxygen atoms in total. The van der Waals surface area contributed by atoms with E-state index in [0.717, 1.165) is 60.7 Å². The van der Waals surface area contributed by atoms with Gasteiger partial charge in [-0.1, -0.05) is 36.4 Å². The molecule has 16 heteroatoms. The van der Waals surface area contributed by atoms with Crippen LogP contribution in [0.2, 0.25) is 0 Å². The van der Waals surface area contributed by atoms with Crippen molar-refractivity contribution in [2.75, 3.05) is 22.9 Å². The summed E-state index contributed by atoms with van der Waals surface area (Å²) in [7, 11) is 0. The molecule has 0 spiro atoms. The lowest BCUT2D eigenvalue weighted by Crippen LogP contribution is -2.13. The lowest BCUT2D eigenvalue weighted by molar-refractivity contribution is -0.139. The van der Waals surface area contributed by atoms with E-state index in [4.69, 9.17) is 22.9 Å². The van der Waals surface area contributed by atoms with E-state index >= 15 is 0 Å². The Morgan fingerprint density at radius 1 is 0.364 bits per heavy atom. The predicted octanol–water partition coefficient (Wildman–Crippen LogP) is 9.11. The van der Waals surface area contributed by atoms with Gasteiger partial charge in [-0.2, -0.15) is 52.7 Å². The zero-order chi connectivity index (χ0) is 33.4. The summed E-state index contributed by atoms with van der Waals surface area (Å²) in [5.41, 5.74) is 11.9. The molecule has 0 saturated carbocycles. The fourth-order valence-corrected chi connectivity index (χ4v) is 4.28. The highest BCUT2D eigenvalue weighted by Gasteiger charge is 2.41. The van der Waals surface area contributed by atoms with Gasteiger partial charge in [0.05, 0.1) is 22.3 Å². The smallest absolute Gasteiger partial charge is 0.399 e. The molecule has 0 radical (unpaired) electrons. The predicted molar refractivity (Wildman–Crippen MR) is 141 cm³/mol. The number of nitrogens with two attached hydrogens (primary N) is 4. The van der Waals surface area contributed by atoms with Crippen LogP contribution in [0.5, 0.6) is 0 Å². The van der Waals surface area contributed by atoms with Gasteiger partial charge < -0.3 is 22.9 Å². The van der Waals surface area contributed by atoms with Crippen LogP contribution in [-0.4, -0.2) is 0 Å². The summed E-state index contributed by atoms with van der Waals surface area (Å²) in [4.78, 5) is 0. The summed E-state index contributed by atoms with van der Waals surface area (Å²) >= 11 is 0. The molecular formula is C28H20F12N4. The lowest BCUT2D eigenvalue weighted by Gasteiger charge is -2.19. The second-order valence-corrected chi connectivity index (χ2v) is 9.14. The second-order valence-electron chi connectivity index (χ2n) is 9.14. The second kappa shape index (κ2) is 11.7. The first kappa shape index (κ1) is 33.7. The minimum Gasteiger partial charge on any atom is -0.399 e. The Kier molecular flexibility index (Phi) is 8.99. The molecule has 8 N–H and O–H groups in total. The third-order valence-corrected chi connectivity index (χ3v) is 6.04. The van der Waals surface area contributed by atoms with Crippen LogP contribution >= 0.6 is 0 Å². The summed E-state index contributed by atoms with van der Waals surface area (Å²) in [6.07, 6.45) is -19.5. The van der Waals surface area contributed by atoms with Gasteiger partial charge >= 0.3 is 24.7 Å². The highest BCUT2D eigenvalue weighted by Crippen LogP contribution is 2.46. The van der Waals surface area contributed by atoms with Gasteiger partial charge in [-0.15, -0.1) is 0 Å². The van der Waals surface area contributed by atoms with Gasteiger partial charge in [0.15, 0.2) is 0 Å². The van der Waals surface area contributed by atoms with Crippen LogP contribution in [0.25, 0.3) is 22.3 Å². The molecule has 0 aliphatic heterocycles. The molecule has 0 bridgehead atoms. The van der Waals surface area contributed by atoms with E-state index in [1.54, 1.807) is 0 Å². The maximum absolute atomic E-state index is 13.1. The molecule has 44 heavy (non-hydrogen) atoms. The van der Waals surface area contributed by atoms with Gasteiger partial charge in [-0.3, -0.25) is 0 Å². The van der Waals surface area contributed by atoms with Crippen LogP contribution in [0.3, 0.4) is 0 Å². The number of nitrogen functional groups attached to an aromatic ring is 4. The number of halogens is 12. The van der Waals surface area contributed by atoms with Crippen molar-refractivity contribution >= 4 is 22.7 Å². The van der Waals surface area contributed by atoms with Crippen molar-refractivity contribution < 1.29 is 52.7 Å². The average molecular weight is 640 g/mol. The summed E-state index contributed by atoms with van der Waals surface area (Å²) in [5, 5.41) is 0. The molecule has 0 amide bonds. The van der Waals surface area contributed by atoms with Crippen molar-refractivity contribution in [1.29, 1.82) is 0 Å². The number of alkyl halides is 12. The van der Waals surface area contributed by atoms with Gasteiger partial charge in [0.2, 0.25) is 0 Å². The molecule has 0 aliphatic rings. The fourth-order valence-electron chi connectivity index (χ4n) is 4.28. The maximum Gasteiger partial charge on any atom is 0.418 e. The van der Waals surface area contributed by atoms with Crippen molar-refractivity contribution in [3.8, 4) is 22.3 Å². The Hall–Kier alpha value is -4.76. The Bertz CT molecular complexity index is 1530. The molecule has 236 valence electrons. The number of hydrogen-bond donors (Lipinski definition) is 4. The SMILES string of the molecule is Nc1ccc(-c2cccc(N)c2C(F)(F)F)c(C(F)(F)F)c1.Nc1ccc(-c2cccc(N)c2C(F)(F)F)c(C(F)(F)F)c1. The zero-order valence-electron chi connectivity index (χ0n) is 21.8. The van der Waals surface area contributed by atoms with Crippen LogP contribution in [0.4, 0.5) is 75.4 Å². The van der Waals surface area contributed by atoms with Crippen molar-refractivity contribution in [3.05, 3.63) is 95.1 Å². The van der Waals surface area contributed by atoms with Crippen LogP contribution in [-0.2, 0) is 24.7 Å². The van der Waals surface area contributed by atoms with Gasteiger partial charge in [0.1, 0.15) is 0 Å². The summed E-state index contributed by atoms with van der Waals surface area (Å²) in [6.45, 7) is 0.